The molecule has 8 heteroatoms. The van der Waals surface area contributed by atoms with E-state index in [1.807, 2.05) is 31.3 Å². The van der Waals surface area contributed by atoms with E-state index >= 15 is 0 Å². The van der Waals surface area contributed by atoms with Crippen molar-refractivity contribution in [2.75, 3.05) is 26.7 Å². The number of halogens is 3. The predicted octanol–water partition coefficient (Wildman–Crippen LogP) is 7.62. The van der Waals surface area contributed by atoms with Gasteiger partial charge in [0.15, 0.2) is 0 Å². The van der Waals surface area contributed by atoms with Crippen molar-refractivity contribution < 1.29 is 28.1 Å². The lowest BCUT2D eigenvalue weighted by atomic mass is 10.1. The van der Waals surface area contributed by atoms with Gasteiger partial charge >= 0.3 is 6.18 Å². The number of ether oxygens (including phenoxy) is 1. The van der Waals surface area contributed by atoms with Gasteiger partial charge in [0.1, 0.15) is 23.9 Å². The number of nitrogens with zero attached hydrogens (tertiary/aromatic N) is 2. The Morgan fingerprint density at radius 2 is 1.49 bits per heavy atom. The zero-order valence-corrected chi connectivity index (χ0v) is 22.3. The van der Waals surface area contributed by atoms with Gasteiger partial charge in [-0.2, -0.15) is 13.2 Å². The van der Waals surface area contributed by atoms with Gasteiger partial charge in [0.05, 0.1) is 11.3 Å². The van der Waals surface area contributed by atoms with Gasteiger partial charge < -0.3 is 24.4 Å². The Balaban J connectivity index is 1.23. The quantitative estimate of drug-likeness (QED) is 0.182. The number of aromatic hydroxyl groups is 2. The normalized spacial score (nSPS) is 11.9. The SMILES string of the molecule is Cc1c(-c2ccc(O)cc2)n(CCCCCCN(C)CCOc2ccc(C(F)(F)F)cc2)c2ccc(O)cc12. The number of fused-ring (bicyclic) bond motifs is 1. The molecule has 0 aliphatic rings. The fraction of sp³-hybridized carbons (Fsp3) is 0.355. The minimum absolute atomic E-state index is 0.229. The highest BCUT2D eigenvalue weighted by Crippen LogP contribution is 2.36. The van der Waals surface area contributed by atoms with Crippen LogP contribution in [0.15, 0.2) is 66.7 Å². The molecule has 4 aromatic rings. The summed E-state index contributed by atoms with van der Waals surface area (Å²) in [5.41, 5.74) is 3.64. The van der Waals surface area contributed by atoms with Crippen molar-refractivity contribution in [2.45, 2.75) is 45.3 Å². The summed E-state index contributed by atoms with van der Waals surface area (Å²) in [5.74, 6) is 0.910. The first-order valence-corrected chi connectivity index (χ1v) is 13.2. The number of unbranched alkanes of at least 4 members (excludes halogenated alkanes) is 3. The third-order valence-corrected chi connectivity index (χ3v) is 7.04. The molecule has 0 aliphatic carbocycles. The molecular formula is C31H35F3N2O3. The number of phenolic OH excluding ortho intramolecular Hbond substituents is 2. The van der Waals surface area contributed by atoms with Crippen LogP contribution in [0.3, 0.4) is 0 Å². The van der Waals surface area contributed by atoms with Crippen LogP contribution in [0.2, 0.25) is 0 Å². The highest BCUT2D eigenvalue weighted by Gasteiger charge is 2.30. The molecule has 0 radical (unpaired) electrons. The number of hydrogen-bond donors (Lipinski definition) is 2. The average molecular weight is 541 g/mol. The van der Waals surface area contributed by atoms with E-state index in [2.05, 4.69) is 16.4 Å². The third-order valence-electron chi connectivity index (χ3n) is 7.04. The number of benzene rings is 3. The van der Waals surface area contributed by atoms with Crippen LogP contribution in [-0.4, -0.2) is 46.4 Å². The highest BCUT2D eigenvalue weighted by molar-refractivity contribution is 5.92. The lowest BCUT2D eigenvalue weighted by molar-refractivity contribution is -0.137. The van der Waals surface area contributed by atoms with Crippen LogP contribution < -0.4 is 4.74 Å². The summed E-state index contributed by atoms with van der Waals surface area (Å²) in [5, 5.41) is 20.8. The first kappa shape index (κ1) is 28.4. The maximum Gasteiger partial charge on any atom is 0.416 e. The van der Waals surface area contributed by atoms with Crippen LogP contribution in [0.4, 0.5) is 13.2 Å². The Morgan fingerprint density at radius 1 is 0.821 bits per heavy atom. The largest absolute Gasteiger partial charge is 0.508 e. The van der Waals surface area contributed by atoms with Crippen molar-refractivity contribution in [1.82, 2.24) is 9.47 Å². The van der Waals surface area contributed by atoms with E-state index < -0.39 is 11.7 Å². The lowest BCUT2D eigenvalue weighted by Crippen LogP contribution is -2.25. The van der Waals surface area contributed by atoms with Gasteiger partial charge in [-0.1, -0.05) is 12.8 Å². The minimum Gasteiger partial charge on any atom is -0.508 e. The minimum atomic E-state index is -4.34. The summed E-state index contributed by atoms with van der Waals surface area (Å²) in [6, 6.07) is 17.5. The second-order valence-corrected chi connectivity index (χ2v) is 9.96. The Morgan fingerprint density at radius 3 is 2.18 bits per heavy atom. The number of hydrogen-bond acceptors (Lipinski definition) is 4. The zero-order chi connectivity index (χ0) is 28.0. The third kappa shape index (κ3) is 7.26. The summed E-state index contributed by atoms with van der Waals surface area (Å²) in [7, 11) is 2.02. The number of likely N-dealkylation sites (N-methyl/N-ethyl adjacent to an activating group) is 1. The van der Waals surface area contributed by atoms with E-state index in [4.69, 9.17) is 4.74 Å². The fourth-order valence-corrected chi connectivity index (χ4v) is 4.91. The fourth-order valence-electron chi connectivity index (χ4n) is 4.91. The van der Waals surface area contributed by atoms with Gasteiger partial charge in [-0.3, -0.25) is 0 Å². The topological polar surface area (TPSA) is 57.9 Å². The molecule has 0 bridgehead atoms. The number of aromatic nitrogens is 1. The Hall–Kier alpha value is -3.65. The highest BCUT2D eigenvalue weighted by atomic mass is 19.4. The molecule has 3 aromatic carbocycles. The lowest BCUT2D eigenvalue weighted by Gasteiger charge is -2.17. The van der Waals surface area contributed by atoms with Crippen molar-refractivity contribution >= 4 is 10.9 Å². The van der Waals surface area contributed by atoms with Crippen molar-refractivity contribution in [3.05, 3.63) is 77.9 Å². The van der Waals surface area contributed by atoms with Crippen LogP contribution in [-0.2, 0) is 12.7 Å². The van der Waals surface area contributed by atoms with Crippen LogP contribution in [0.25, 0.3) is 22.2 Å². The molecule has 1 heterocycles. The molecule has 2 N–H and O–H groups in total. The monoisotopic (exact) mass is 540 g/mol. The van der Waals surface area contributed by atoms with Crippen molar-refractivity contribution in [3.63, 3.8) is 0 Å². The average Bonchev–Trinajstić information content (AvgIpc) is 3.17. The first-order chi connectivity index (χ1) is 18.6. The molecule has 5 nitrogen and oxygen atoms in total. The molecular weight excluding hydrogens is 505 g/mol. The number of phenols is 2. The van der Waals surface area contributed by atoms with Crippen molar-refractivity contribution in [3.8, 4) is 28.5 Å². The molecule has 0 unspecified atom stereocenters. The van der Waals surface area contributed by atoms with E-state index in [0.29, 0.717) is 18.9 Å². The van der Waals surface area contributed by atoms with Crippen LogP contribution in [0, 0.1) is 6.92 Å². The van der Waals surface area contributed by atoms with Gasteiger partial charge in [0.2, 0.25) is 0 Å². The summed E-state index contributed by atoms with van der Waals surface area (Å²) < 4.78 is 45.9. The van der Waals surface area contributed by atoms with Crippen molar-refractivity contribution in [1.29, 1.82) is 0 Å². The molecule has 0 fully saturated rings. The van der Waals surface area contributed by atoms with Gasteiger partial charge in [0.25, 0.3) is 0 Å². The second-order valence-electron chi connectivity index (χ2n) is 9.96. The Labute approximate surface area is 227 Å². The molecule has 0 saturated heterocycles. The maximum absolute atomic E-state index is 12.7. The molecule has 0 amide bonds. The van der Waals surface area contributed by atoms with Crippen LogP contribution in [0.1, 0.15) is 36.8 Å². The first-order valence-electron chi connectivity index (χ1n) is 13.2. The molecule has 4 rings (SSSR count). The standard InChI is InChI=1S/C31H35F3N2O3/c1-22-28-21-26(38)13-16-29(28)36(30(22)23-7-11-25(37)12-8-23)18-6-4-3-5-17-35(2)19-20-39-27-14-9-24(10-15-27)31(32,33)34/h7-16,21,37-38H,3-6,17-20H2,1-2H3. The van der Waals surface area contributed by atoms with E-state index in [9.17, 15) is 23.4 Å². The number of alkyl halides is 3. The molecule has 208 valence electrons. The molecule has 1 aromatic heterocycles. The molecule has 0 atom stereocenters. The zero-order valence-electron chi connectivity index (χ0n) is 22.3. The molecule has 0 aliphatic heterocycles. The van der Waals surface area contributed by atoms with Gasteiger partial charge in [0, 0.05) is 24.0 Å². The van der Waals surface area contributed by atoms with Gasteiger partial charge in [-0.05, 0) is 111 Å². The Bertz CT molecular complexity index is 1360. The molecule has 0 saturated carbocycles. The molecule has 39 heavy (non-hydrogen) atoms. The van der Waals surface area contributed by atoms with Gasteiger partial charge in [-0.15, -0.1) is 0 Å². The summed E-state index contributed by atoms with van der Waals surface area (Å²) >= 11 is 0. The van der Waals surface area contributed by atoms with Gasteiger partial charge in [-0.25, -0.2) is 0 Å². The van der Waals surface area contributed by atoms with E-state index in [-0.39, 0.29) is 11.5 Å². The maximum atomic E-state index is 12.7. The van der Waals surface area contributed by atoms with E-state index in [0.717, 1.165) is 78.6 Å². The summed E-state index contributed by atoms with van der Waals surface area (Å²) in [6.45, 7) is 4.94. The van der Waals surface area contributed by atoms with E-state index in [1.54, 1.807) is 18.2 Å². The van der Waals surface area contributed by atoms with Crippen LogP contribution in [0.5, 0.6) is 17.2 Å². The summed E-state index contributed by atoms with van der Waals surface area (Å²) in [4.78, 5) is 2.17. The Kier molecular flexibility index (Phi) is 9.07. The molecule has 0 spiro atoms. The second kappa shape index (κ2) is 12.5. The number of aryl methyl sites for hydroxylation is 2. The van der Waals surface area contributed by atoms with Crippen molar-refractivity contribution in [2.24, 2.45) is 0 Å². The smallest absolute Gasteiger partial charge is 0.416 e. The summed E-state index contributed by atoms with van der Waals surface area (Å²) in [6.07, 6.45) is -0.136. The van der Waals surface area contributed by atoms with E-state index in [1.165, 1.54) is 12.1 Å². The van der Waals surface area contributed by atoms with Crippen LogP contribution >= 0.6 is 0 Å². The number of rotatable bonds is 12. The predicted molar refractivity (Wildman–Crippen MR) is 148 cm³/mol.